The van der Waals surface area contributed by atoms with Crippen LogP contribution in [0.2, 0.25) is 0 Å². The minimum absolute atomic E-state index is 0.228. The van der Waals surface area contributed by atoms with Crippen molar-refractivity contribution in [3.63, 3.8) is 0 Å². The van der Waals surface area contributed by atoms with Crippen molar-refractivity contribution >= 4 is 16.6 Å². The minimum atomic E-state index is 0.228. The van der Waals surface area contributed by atoms with E-state index >= 15 is 0 Å². The van der Waals surface area contributed by atoms with Crippen LogP contribution in [0.4, 0.5) is 5.69 Å². The van der Waals surface area contributed by atoms with E-state index in [1.54, 1.807) is 31.4 Å². The number of anilines is 1. The predicted octanol–water partition coefficient (Wildman–Crippen LogP) is 3.02. The number of ether oxygens (including phenoxy) is 3. The topological polar surface area (TPSA) is 79.5 Å². The molecule has 22 heavy (non-hydrogen) atoms. The molecule has 0 saturated heterocycles. The average molecular weight is 297 g/mol. The molecular formula is C16H15N3O3. The summed E-state index contributed by atoms with van der Waals surface area (Å²) in [7, 11) is 3.10. The van der Waals surface area contributed by atoms with Crippen LogP contribution in [-0.4, -0.2) is 24.2 Å². The highest BCUT2D eigenvalue weighted by atomic mass is 16.5. The van der Waals surface area contributed by atoms with E-state index in [1.807, 2.05) is 18.2 Å². The van der Waals surface area contributed by atoms with Crippen LogP contribution in [-0.2, 0) is 0 Å². The largest absolute Gasteiger partial charge is 0.496 e. The van der Waals surface area contributed by atoms with E-state index in [1.165, 1.54) is 7.11 Å². The van der Waals surface area contributed by atoms with Crippen molar-refractivity contribution in [1.82, 2.24) is 9.97 Å². The Kier molecular flexibility index (Phi) is 3.65. The number of nitrogens with zero attached hydrogens (tertiary/aromatic N) is 2. The number of aromatic nitrogens is 2. The second-order valence-electron chi connectivity index (χ2n) is 4.54. The Morgan fingerprint density at radius 3 is 2.36 bits per heavy atom. The number of hydrogen-bond donors (Lipinski definition) is 1. The van der Waals surface area contributed by atoms with Gasteiger partial charge in [0.25, 0.3) is 0 Å². The standard InChI is InChI=1S/C16H15N3O3/c1-20-13-5-3-4-12-14(13)15(19-16(18-12)21-2)22-11-8-6-10(17)7-9-11/h3-9H,17H2,1-2H3. The molecule has 3 aromatic rings. The van der Waals surface area contributed by atoms with E-state index < -0.39 is 0 Å². The Morgan fingerprint density at radius 2 is 1.68 bits per heavy atom. The van der Waals surface area contributed by atoms with Crippen molar-refractivity contribution in [3.8, 4) is 23.4 Å². The number of rotatable bonds is 4. The summed E-state index contributed by atoms with van der Waals surface area (Å²) < 4.78 is 16.4. The molecule has 0 fully saturated rings. The first-order chi connectivity index (χ1) is 10.7. The van der Waals surface area contributed by atoms with Gasteiger partial charge in [-0.3, -0.25) is 0 Å². The van der Waals surface area contributed by atoms with Gasteiger partial charge in [-0.1, -0.05) is 6.07 Å². The minimum Gasteiger partial charge on any atom is -0.496 e. The number of hydrogen-bond acceptors (Lipinski definition) is 6. The van der Waals surface area contributed by atoms with E-state index in [0.29, 0.717) is 34.0 Å². The smallest absolute Gasteiger partial charge is 0.320 e. The SMILES string of the molecule is COc1nc(Oc2ccc(N)cc2)c2c(OC)cccc2n1. The highest BCUT2D eigenvalue weighted by molar-refractivity contribution is 5.90. The summed E-state index contributed by atoms with van der Waals surface area (Å²) in [6.45, 7) is 0. The van der Waals surface area contributed by atoms with Crippen LogP contribution in [0.5, 0.6) is 23.4 Å². The summed E-state index contributed by atoms with van der Waals surface area (Å²) in [4.78, 5) is 8.58. The van der Waals surface area contributed by atoms with Crippen molar-refractivity contribution in [3.05, 3.63) is 42.5 Å². The summed E-state index contributed by atoms with van der Waals surface area (Å²) >= 11 is 0. The highest BCUT2D eigenvalue weighted by Gasteiger charge is 2.14. The molecule has 2 N–H and O–H groups in total. The van der Waals surface area contributed by atoms with Crippen LogP contribution < -0.4 is 19.9 Å². The number of nitrogen functional groups attached to an aromatic ring is 1. The van der Waals surface area contributed by atoms with Gasteiger partial charge in [-0.2, -0.15) is 9.97 Å². The summed E-state index contributed by atoms with van der Waals surface area (Å²) in [6, 6.07) is 12.8. The van der Waals surface area contributed by atoms with Crippen molar-refractivity contribution in [2.45, 2.75) is 0 Å². The Labute approximate surface area is 127 Å². The van der Waals surface area contributed by atoms with Gasteiger partial charge < -0.3 is 19.9 Å². The molecule has 0 aliphatic heterocycles. The third-order valence-electron chi connectivity index (χ3n) is 3.13. The summed E-state index contributed by atoms with van der Waals surface area (Å²) in [5, 5.41) is 0.683. The van der Waals surface area contributed by atoms with Crippen LogP contribution in [0.25, 0.3) is 10.9 Å². The molecule has 0 saturated carbocycles. The zero-order valence-corrected chi connectivity index (χ0v) is 12.2. The number of nitrogens with two attached hydrogens (primary N) is 1. The Bertz CT molecular complexity index is 804. The summed E-state index contributed by atoms with van der Waals surface area (Å²) in [5.41, 5.74) is 7.02. The van der Waals surface area contributed by atoms with Crippen molar-refractivity contribution in [2.24, 2.45) is 0 Å². The maximum atomic E-state index is 5.86. The molecule has 6 heteroatoms. The number of fused-ring (bicyclic) bond motifs is 1. The quantitative estimate of drug-likeness (QED) is 0.746. The molecule has 2 aromatic carbocycles. The lowest BCUT2D eigenvalue weighted by Crippen LogP contribution is -1.98. The number of methoxy groups -OCH3 is 2. The highest BCUT2D eigenvalue weighted by Crippen LogP contribution is 2.35. The molecule has 3 rings (SSSR count). The predicted molar refractivity (Wildman–Crippen MR) is 83.6 cm³/mol. The van der Waals surface area contributed by atoms with Gasteiger partial charge in [-0.15, -0.1) is 0 Å². The Balaban J connectivity index is 2.15. The van der Waals surface area contributed by atoms with Crippen LogP contribution in [0.1, 0.15) is 0 Å². The van der Waals surface area contributed by atoms with Gasteiger partial charge in [0.05, 0.1) is 19.7 Å². The fourth-order valence-electron chi connectivity index (χ4n) is 2.08. The van der Waals surface area contributed by atoms with Crippen LogP contribution >= 0.6 is 0 Å². The van der Waals surface area contributed by atoms with E-state index in [0.717, 1.165) is 0 Å². The van der Waals surface area contributed by atoms with Crippen LogP contribution in [0.15, 0.2) is 42.5 Å². The monoisotopic (exact) mass is 297 g/mol. The first-order valence-corrected chi connectivity index (χ1v) is 6.63. The zero-order chi connectivity index (χ0) is 15.5. The van der Waals surface area contributed by atoms with Crippen LogP contribution in [0.3, 0.4) is 0 Å². The maximum Gasteiger partial charge on any atom is 0.320 e. The second-order valence-corrected chi connectivity index (χ2v) is 4.54. The molecular weight excluding hydrogens is 282 g/mol. The van der Waals surface area contributed by atoms with E-state index in [-0.39, 0.29) is 6.01 Å². The second kappa shape index (κ2) is 5.77. The van der Waals surface area contributed by atoms with Gasteiger partial charge >= 0.3 is 6.01 Å². The Hall–Kier alpha value is -3.02. The Morgan fingerprint density at radius 1 is 0.909 bits per heavy atom. The molecule has 0 bridgehead atoms. The lowest BCUT2D eigenvalue weighted by atomic mass is 10.2. The summed E-state index contributed by atoms with van der Waals surface area (Å²) in [5.74, 6) is 1.61. The molecule has 0 radical (unpaired) electrons. The van der Waals surface area contributed by atoms with Gasteiger partial charge in [0, 0.05) is 5.69 Å². The van der Waals surface area contributed by atoms with E-state index in [9.17, 15) is 0 Å². The average Bonchev–Trinajstić information content (AvgIpc) is 2.56. The van der Waals surface area contributed by atoms with Gasteiger partial charge in [-0.05, 0) is 36.4 Å². The van der Waals surface area contributed by atoms with Gasteiger partial charge in [0.2, 0.25) is 5.88 Å². The van der Waals surface area contributed by atoms with Crippen molar-refractivity contribution in [1.29, 1.82) is 0 Å². The molecule has 0 aliphatic carbocycles. The third-order valence-corrected chi connectivity index (χ3v) is 3.13. The molecule has 6 nitrogen and oxygen atoms in total. The molecule has 0 spiro atoms. The van der Waals surface area contributed by atoms with Crippen LogP contribution in [0, 0.1) is 0 Å². The lowest BCUT2D eigenvalue weighted by Gasteiger charge is -2.12. The fraction of sp³-hybridized carbons (Fsp3) is 0.125. The lowest BCUT2D eigenvalue weighted by molar-refractivity contribution is 0.368. The van der Waals surface area contributed by atoms with Gasteiger partial charge in [-0.25, -0.2) is 0 Å². The van der Waals surface area contributed by atoms with E-state index in [4.69, 9.17) is 19.9 Å². The first kappa shape index (κ1) is 13.9. The maximum absolute atomic E-state index is 5.86. The van der Waals surface area contributed by atoms with E-state index in [2.05, 4.69) is 9.97 Å². The third kappa shape index (κ3) is 2.58. The summed E-state index contributed by atoms with van der Waals surface area (Å²) in [6.07, 6.45) is 0. The zero-order valence-electron chi connectivity index (χ0n) is 12.2. The van der Waals surface area contributed by atoms with Gasteiger partial charge in [0.1, 0.15) is 16.9 Å². The molecule has 0 atom stereocenters. The van der Waals surface area contributed by atoms with Gasteiger partial charge in [0.15, 0.2) is 0 Å². The molecule has 1 aromatic heterocycles. The number of benzene rings is 2. The molecule has 1 heterocycles. The first-order valence-electron chi connectivity index (χ1n) is 6.63. The normalized spacial score (nSPS) is 10.5. The molecule has 112 valence electrons. The fourth-order valence-corrected chi connectivity index (χ4v) is 2.08. The van der Waals surface area contributed by atoms with Crippen molar-refractivity contribution < 1.29 is 14.2 Å². The molecule has 0 amide bonds. The van der Waals surface area contributed by atoms with Crippen molar-refractivity contribution in [2.75, 3.05) is 20.0 Å². The molecule has 0 aliphatic rings. The molecule has 0 unspecified atom stereocenters.